The van der Waals surface area contributed by atoms with Crippen LogP contribution in [0, 0.1) is 11.7 Å². The van der Waals surface area contributed by atoms with E-state index in [0.29, 0.717) is 30.5 Å². The predicted molar refractivity (Wildman–Crippen MR) is 106 cm³/mol. The molecule has 1 saturated heterocycles. The van der Waals surface area contributed by atoms with Crippen LogP contribution < -0.4 is 14.8 Å². The Labute approximate surface area is 165 Å². The summed E-state index contributed by atoms with van der Waals surface area (Å²) in [6, 6.07) is 14.1. The molecule has 1 aliphatic rings. The second-order valence-corrected chi connectivity index (χ2v) is 7.08. The van der Waals surface area contributed by atoms with Crippen molar-refractivity contribution in [2.75, 3.05) is 33.4 Å². The highest BCUT2D eigenvalue weighted by molar-refractivity contribution is 5.77. The highest BCUT2D eigenvalue weighted by atomic mass is 19.1. The van der Waals surface area contributed by atoms with Crippen LogP contribution in [0.25, 0.3) is 0 Å². The van der Waals surface area contributed by atoms with Crippen molar-refractivity contribution in [1.82, 2.24) is 10.2 Å². The molecule has 0 radical (unpaired) electrons. The maximum Gasteiger partial charge on any atom is 0.257 e. The van der Waals surface area contributed by atoms with Crippen LogP contribution in [0.3, 0.4) is 0 Å². The smallest absolute Gasteiger partial charge is 0.257 e. The molecule has 5 nitrogen and oxygen atoms in total. The van der Waals surface area contributed by atoms with Crippen molar-refractivity contribution >= 4 is 5.91 Å². The van der Waals surface area contributed by atoms with Crippen molar-refractivity contribution in [3.63, 3.8) is 0 Å². The number of nitrogens with one attached hydrogen (secondary N) is 1. The van der Waals surface area contributed by atoms with Gasteiger partial charge < -0.3 is 14.8 Å². The number of methoxy groups -OCH3 is 1. The number of rotatable bonds is 8. The highest BCUT2D eigenvalue weighted by Crippen LogP contribution is 2.25. The fraction of sp³-hybridized carbons (Fsp3) is 0.409. The summed E-state index contributed by atoms with van der Waals surface area (Å²) in [6.45, 7) is 2.96. The summed E-state index contributed by atoms with van der Waals surface area (Å²) >= 11 is 0. The SMILES string of the molecule is COc1ccccc1OCC(=O)NC[C@H]1CCCN(Cc2ccccc2F)C1. The molecule has 1 N–H and O–H groups in total. The molecule has 0 saturated carbocycles. The molecule has 1 fully saturated rings. The molecular formula is C22H27FN2O3. The summed E-state index contributed by atoms with van der Waals surface area (Å²) in [5.74, 6) is 1.19. The quantitative estimate of drug-likeness (QED) is 0.757. The van der Waals surface area contributed by atoms with E-state index in [0.717, 1.165) is 31.5 Å². The van der Waals surface area contributed by atoms with Gasteiger partial charge in [-0.25, -0.2) is 4.39 Å². The molecule has 2 aromatic rings. The maximum atomic E-state index is 13.9. The summed E-state index contributed by atoms with van der Waals surface area (Å²) in [4.78, 5) is 14.4. The lowest BCUT2D eigenvalue weighted by molar-refractivity contribution is -0.123. The summed E-state index contributed by atoms with van der Waals surface area (Å²) in [6.07, 6.45) is 2.11. The molecule has 0 bridgehead atoms. The van der Waals surface area contributed by atoms with Gasteiger partial charge in [0.25, 0.3) is 5.91 Å². The minimum Gasteiger partial charge on any atom is -0.493 e. The van der Waals surface area contributed by atoms with Gasteiger partial charge in [0, 0.05) is 25.2 Å². The van der Waals surface area contributed by atoms with Gasteiger partial charge in [0.2, 0.25) is 0 Å². The number of ether oxygens (including phenoxy) is 2. The van der Waals surface area contributed by atoms with Crippen molar-refractivity contribution < 1.29 is 18.7 Å². The Morgan fingerprint density at radius 3 is 2.71 bits per heavy atom. The van der Waals surface area contributed by atoms with Crippen LogP contribution >= 0.6 is 0 Å². The zero-order valence-electron chi connectivity index (χ0n) is 16.2. The van der Waals surface area contributed by atoms with Gasteiger partial charge in [-0.2, -0.15) is 0 Å². The summed E-state index contributed by atoms with van der Waals surface area (Å²) in [5, 5.41) is 2.95. The molecule has 0 aliphatic carbocycles. The molecule has 1 heterocycles. The maximum absolute atomic E-state index is 13.9. The van der Waals surface area contributed by atoms with E-state index in [1.165, 1.54) is 6.07 Å². The number of benzene rings is 2. The van der Waals surface area contributed by atoms with E-state index in [4.69, 9.17) is 9.47 Å². The zero-order valence-corrected chi connectivity index (χ0v) is 16.2. The Morgan fingerprint density at radius 1 is 1.18 bits per heavy atom. The number of hydrogen-bond acceptors (Lipinski definition) is 4. The lowest BCUT2D eigenvalue weighted by Crippen LogP contribution is -2.41. The summed E-state index contributed by atoms with van der Waals surface area (Å²) < 4.78 is 24.6. The molecular weight excluding hydrogens is 359 g/mol. The van der Waals surface area contributed by atoms with Gasteiger partial charge in [-0.05, 0) is 43.5 Å². The number of hydrogen-bond donors (Lipinski definition) is 1. The molecule has 28 heavy (non-hydrogen) atoms. The van der Waals surface area contributed by atoms with Gasteiger partial charge in [0.1, 0.15) is 5.82 Å². The van der Waals surface area contributed by atoms with Crippen LogP contribution in [0.4, 0.5) is 4.39 Å². The first kappa shape index (κ1) is 20.1. The first-order chi connectivity index (χ1) is 13.7. The minimum absolute atomic E-state index is 0.0496. The molecule has 150 valence electrons. The molecule has 6 heteroatoms. The van der Waals surface area contributed by atoms with E-state index in [9.17, 15) is 9.18 Å². The number of halogens is 1. The number of carbonyl (C=O) groups is 1. The van der Waals surface area contributed by atoms with Crippen LogP contribution in [0.1, 0.15) is 18.4 Å². The molecule has 0 unspecified atom stereocenters. The lowest BCUT2D eigenvalue weighted by Gasteiger charge is -2.32. The first-order valence-electron chi connectivity index (χ1n) is 9.64. The topological polar surface area (TPSA) is 50.8 Å². The number of nitrogens with zero attached hydrogens (tertiary/aromatic N) is 1. The van der Waals surface area contributed by atoms with Gasteiger partial charge in [-0.15, -0.1) is 0 Å². The third-order valence-corrected chi connectivity index (χ3v) is 4.97. The van der Waals surface area contributed by atoms with E-state index < -0.39 is 0 Å². The van der Waals surface area contributed by atoms with Crippen LogP contribution in [0.15, 0.2) is 48.5 Å². The van der Waals surface area contributed by atoms with Gasteiger partial charge >= 0.3 is 0 Å². The van der Waals surface area contributed by atoms with Crippen LogP contribution in [-0.2, 0) is 11.3 Å². The van der Waals surface area contributed by atoms with Crippen LogP contribution in [0.2, 0.25) is 0 Å². The lowest BCUT2D eigenvalue weighted by atomic mass is 9.97. The van der Waals surface area contributed by atoms with E-state index in [1.807, 2.05) is 24.3 Å². The average Bonchev–Trinajstić information content (AvgIpc) is 2.73. The van der Waals surface area contributed by atoms with E-state index in [2.05, 4.69) is 10.2 Å². The number of para-hydroxylation sites is 2. The number of amides is 1. The van der Waals surface area contributed by atoms with Crippen molar-refractivity contribution in [3.05, 3.63) is 59.9 Å². The number of carbonyl (C=O) groups excluding carboxylic acids is 1. The normalized spacial score (nSPS) is 17.1. The first-order valence-corrected chi connectivity index (χ1v) is 9.64. The number of likely N-dealkylation sites (tertiary alicyclic amines) is 1. The minimum atomic E-state index is -0.161. The third-order valence-electron chi connectivity index (χ3n) is 4.97. The van der Waals surface area contributed by atoms with Crippen molar-refractivity contribution in [2.24, 2.45) is 5.92 Å². The third kappa shape index (κ3) is 5.70. The second-order valence-electron chi connectivity index (χ2n) is 7.08. The standard InChI is InChI=1S/C22H27FN2O3/c1-27-20-10-4-5-11-21(20)28-16-22(26)24-13-17-7-6-12-25(14-17)15-18-8-2-3-9-19(18)23/h2-5,8-11,17H,6-7,12-16H2,1H3,(H,24,26)/t17-/m1/s1. The van der Waals surface area contributed by atoms with Gasteiger partial charge in [-0.3, -0.25) is 9.69 Å². The molecule has 1 aliphatic heterocycles. The molecule has 3 rings (SSSR count). The Bertz CT molecular complexity index is 784. The van der Waals surface area contributed by atoms with E-state index in [1.54, 1.807) is 25.3 Å². The molecule has 1 amide bonds. The van der Waals surface area contributed by atoms with Crippen molar-refractivity contribution in [1.29, 1.82) is 0 Å². The van der Waals surface area contributed by atoms with Crippen LogP contribution in [0.5, 0.6) is 11.5 Å². The predicted octanol–water partition coefficient (Wildman–Crippen LogP) is 3.24. The Kier molecular flexibility index (Phi) is 7.25. The Balaban J connectivity index is 1.42. The van der Waals surface area contributed by atoms with E-state index >= 15 is 0 Å². The fourth-order valence-corrected chi connectivity index (χ4v) is 3.52. The average molecular weight is 386 g/mol. The van der Waals surface area contributed by atoms with Crippen molar-refractivity contribution in [2.45, 2.75) is 19.4 Å². The van der Waals surface area contributed by atoms with Gasteiger partial charge in [0.15, 0.2) is 18.1 Å². The molecule has 2 aromatic carbocycles. The largest absolute Gasteiger partial charge is 0.493 e. The summed E-state index contributed by atoms with van der Waals surface area (Å²) in [5.41, 5.74) is 0.720. The van der Waals surface area contributed by atoms with E-state index in [-0.39, 0.29) is 18.3 Å². The van der Waals surface area contributed by atoms with Gasteiger partial charge in [-0.1, -0.05) is 30.3 Å². The van der Waals surface area contributed by atoms with Crippen LogP contribution in [-0.4, -0.2) is 44.2 Å². The zero-order chi connectivity index (χ0) is 19.8. The van der Waals surface area contributed by atoms with Gasteiger partial charge in [0.05, 0.1) is 7.11 Å². The fourth-order valence-electron chi connectivity index (χ4n) is 3.52. The summed E-state index contributed by atoms with van der Waals surface area (Å²) in [7, 11) is 1.57. The Morgan fingerprint density at radius 2 is 1.93 bits per heavy atom. The Hall–Kier alpha value is -2.60. The molecule has 0 spiro atoms. The van der Waals surface area contributed by atoms with Crippen molar-refractivity contribution in [3.8, 4) is 11.5 Å². The number of piperidine rings is 1. The molecule has 0 aromatic heterocycles. The highest BCUT2D eigenvalue weighted by Gasteiger charge is 2.21. The molecule has 1 atom stereocenters. The monoisotopic (exact) mass is 386 g/mol. The second kappa shape index (κ2) is 10.1.